The highest BCUT2D eigenvalue weighted by atomic mass is 16.4. The first-order valence-corrected chi connectivity index (χ1v) is 8.90. The lowest BCUT2D eigenvalue weighted by Crippen LogP contribution is -2.42. The lowest BCUT2D eigenvalue weighted by molar-refractivity contribution is -0.121. The Hall–Kier alpha value is -2.21. The standard InChI is InChI=1S/C19H28N4O2/c1-5-23(6-2)14(3)13-20-18(24)12-17(16-10-8-7-9-11-16)19-22-21-15(4)25-19/h7-11,14,17H,5-6,12-13H2,1-4H3,(H,20,24). The molecule has 1 heterocycles. The largest absolute Gasteiger partial charge is 0.425 e. The lowest BCUT2D eigenvalue weighted by atomic mass is 9.95. The number of carbonyl (C=O) groups excluding carboxylic acids is 1. The number of amides is 1. The molecule has 0 aliphatic rings. The molecular weight excluding hydrogens is 316 g/mol. The zero-order valence-electron chi connectivity index (χ0n) is 15.5. The molecule has 25 heavy (non-hydrogen) atoms. The van der Waals surface area contributed by atoms with Gasteiger partial charge in [-0.2, -0.15) is 0 Å². The van der Waals surface area contributed by atoms with Gasteiger partial charge in [-0.25, -0.2) is 0 Å². The van der Waals surface area contributed by atoms with E-state index in [0.29, 0.717) is 24.4 Å². The third-order valence-electron chi connectivity index (χ3n) is 4.46. The number of rotatable bonds is 9. The van der Waals surface area contributed by atoms with E-state index in [0.717, 1.165) is 18.7 Å². The second-order valence-corrected chi connectivity index (χ2v) is 6.20. The maximum atomic E-state index is 12.5. The first-order chi connectivity index (χ1) is 12.0. The van der Waals surface area contributed by atoms with Crippen LogP contribution in [0.2, 0.25) is 0 Å². The summed E-state index contributed by atoms with van der Waals surface area (Å²) < 4.78 is 5.59. The van der Waals surface area contributed by atoms with E-state index in [1.165, 1.54) is 0 Å². The number of likely N-dealkylation sites (N-methyl/N-ethyl adjacent to an activating group) is 1. The molecule has 6 nitrogen and oxygen atoms in total. The molecule has 1 aromatic carbocycles. The van der Waals surface area contributed by atoms with Gasteiger partial charge in [0, 0.05) is 25.9 Å². The highest BCUT2D eigenvalue weighted by molar-refractivity contribution is 5.77. The van der Waals surface area contributed by atoms with Gasteiger partial charge in [-0.3, -0.25) is 9.69 Å². The van der Waals surface area contributed by atoms with Gasteiger partial charge in [0.2, 0.25) is 17.7 Å². The molecule has 0 radical (unpaired) electrons. The fourth-order valence-corrected chi connectivity index (χ4v) is 2.98. The summed E-state index contributed by atoms with van der Waals surface area (Å²) in [4.78, 5) is 14.8. The van der Waals surface area contributed by atoms with Crippen molar-refractivity contribution in [3.8, 4) is 0 Å². The average molecular weight is 344 g/mol. The minimum absolute atomic E-state index is 0.0105. The fourth-order valence-electron chi connectivity index (χ4n) is 2.98. The van der Waals surface area contributed by atoms with Gasteiger partial charge >= 0.3 is 0 Å². The molecule has 0 fully saturated rings. The number of hydrogen-bond donors (Lipinski definition) is 1. The van der Waals surface area contributed by atoms with Gasteiger partial charge in [-0.1, -0.05) is 44.2 Å². The Balaban J connectivity index is 2.03. The highest BCUT2D eigenvalue weighted by Crippen LogP contribution is 2.26. The van der Waals surface area contributed by atoms with Gasteiger partial charge in [0.05, 0.1) is 5.92 Å². The normalized spacial score (nSPS) is 13.6. The van der Waals surface area contributed by atoms with Gasteiger partial charge in [0.15, 0.2) is 0 Å². The maximum absolute atomic E-state index is 12.5. The third kappa shape index (κ3) is 5.39. The maximum Gasteiger partial charge on any atom is 0.224 e. The predicted octanol–water partition coefficient (Wildman–Crippen LogP) is 2.75. The molecule has 0 saturated carbocycles. The van der Waals surface area contributed by atoms with Crippen LogP contribution in [0.15, 0.2) is 34.7 Å². The van der Waals surface area contributed by atoms with Crippen LogP contribution < -0.4 is 5.32 Å². The molecule has 1 amide bonds. The molecule has 1 N–H and O–H groups in total. The number of benzene rings is 1. The Morgan fingerprint density at radius 3 is 2.44 bits per heavy atom. The Bertz CT molecular complexity index is 652. The van der Waals surface area contributed by atoms with Crippen LogP contribution in [0.5, 0.6) is 0 Å². The van der Waals surface area contributed by atoms with E-state index < -0.39 is 0 Å². The van der Waals surface area contributed by atoms with Crippen LogP contribution in [0.4, 0.5) is 0 Å². The molecule has 0 aliphatic carbocycles. The molecule has 136 valence electrons. The van der Waals surface area contributed by atoms with E-state index in [4.69, 9.17) is 4.42 Å². The van der Waals surface area contributed by atoms with Crippen LogP contribution >= 0.6 is 0 Å². The van der Waals surface area contributed by atoms with Crippen LogP contribution in [0.25, 0.3) is 0 Å². The molecular formula is C19H28N4O2. The Kier molecular flexibility index (Phi) is 7.13. The summed E-state index contributed by atoms with van der Waals surface area (Å²) in [5.74, 6) is 0.747. The smallest absolute Gasteiger partial charge is 0.224 e. The monoisotopic (exact) mass is 344 g/mol. The number of aryl methyl sites for hydroxylation is 1. The van der Waals surface area contributed by atoms with Crippen molar-refractivity contribution in [2.24, 2.45) is 0 Å². The van der Waals surface area contributed by atoms with E-state index in [1.54, 1.807) is 6.92 Å². The van der Waals surface area contributed by atoms with Crippen molar-refractivity contribution in [1.29, 1.82) is 0 Å². The Labute approximate surface area is 149 Å². The number of nitrogens with zero attached hydrogens (tertiary/aromatic N) is 3. The van der Waals surface area contributed by atoms with Crippen LogP contribution in [-0.4, -0.2) is 46.7 Å². The number of hydrogen-bond acceptors (Lipinski definition) is 5. The average Bonchev–Trinajstić information content (AvgIpc) is 3.05. The van der Waals surface area contributed by atoms with Crippen LogP contribution in [0.3, 0.4) is 0 Å². The first kappa shape index (κ1) is 19.1. The summed E-state index contributed by atoms with van der Waals surface area (Å²) >= 11 is 0. The molecule has 0 spiro atoms. The molecule has 0 saturated heterocycles. The molecule has 0 aliphatic heterocycles. The summed E-state index contributed by atoms with van der Waals surface area (Å²) in [6.45, 7) is 10.7. The van der Waals surface area contributed by atoms with E-state index in [9.17, 15) is 4.79 Å². The molecule has 2 rings (SSSR count). The molecule has 1 aromatic heterocycles. The summed E-state index contributed by atoms with van der Waals surface area (Å²) in [7, 11) is 0. The van der Waals surface area contributed by atoms with E-state index in [2.05, 4.69) is 41.2 Å². The third-order valence-corrected chi connectivity index (χ3v) is 4.46. The van der Waals surface area contributed by atoms with Crippen molar-refractivity contribution < 1.29 is 9.21 Å². The fraction of sp³-hybridized carbons (Fsp3) is 0.526. The topological polar surface area (TPSA) is 71.3 Å². The summed E-state index contributed by atoms with van der Waals surface area (Å²) in [5, 5.41) is 11.1. The Morgan fingerprint density at radius 2 is 1.88 bits per heavy atom. The van der Waals surface area contributed by atoms with Crippen molar-refractivity contribution in [3.05, 3.63) is 47.7 Å². The van der Waals surface area contributed by atoms with Gasteiger partial charge < -0.3 is 9.73 Å². The van der Waals surface area contributed by atoms with Gasteiger partial charge in [0.1, 0.15) is 0 Å². The van der Waals surface area contributed by atoms with Crippen LogP contribution in [-0.2, 0) is 4.79 Å². The predicted molar refractivity (Wildman–Crippen MR) is 97.3 cm³/mol. The van der Waals surface area contributed by atoms with Crippen molar-refractivity contribution in [2.75, 3.05) is 19.6 Å². The molecule has 2 aromatic rings. The second-order valence-electron chi connectivity index (χ2n) is 6.20. The van der Waals surface area contributed by atoms with E-state index in [-0.39, 0.29) is 18.2 Å². The molecule has 2 atom stereocenters. The summed E-state index contributed by atoms with van der Waals surface area (Å²) in [6.07, 6.45) is 0.288. The highest BCUT2D eigenvalue weighted by Gasteiger charge is 2.23. The van der Waals surface area contributed by atoms with E-state index in [1.807, 2.05) is 30.3 Å². The minimum Gasteiger partial charge on any atom is -0.425 e. The van der Waals surface area contributed by atoms with Gasteiger partial charge in [-0.05, 0) is 25.6 Å². The SMILES string of the molecule is CCN(CC)C(C)CNC(=O)CC(c1ccccc1)c1nnc(C)o1. The van der Waals surface area contributed by atoms with Gasteiger partial charge in [0.25, 0.3) is 0 Å². The van der Waals surface area contributed by atoms with Crippen molar-refractivity contribution in [3.63, 3.8) is 0 Å². The minimum atomic E-state index is -0.230. The van der Waals surface area contributed by atoms with Crippen molar-refractivity contribution in [1.82, 2.24) is 20.4 Å². The van der Waals surface area contributed by atoms with Crippen LogP contribution in [0, 0.1) is 6.92 Å². The van der Waals surface area contributed by atoms with Crippen molar-refractivity contribution in [2.45, 2.75) is 46.1 Å². The lowest BCUT2D eigenvalue weighted by Gasteiger charge is -2.26. The quantitative estimate of drug-likeness (QED) is 0.757. The Morgan fingerprint density at radius 1 is 1.20 bits per heavy atom. The summed E-state index contributed by atoms with van der Waals surface area (Å²) in [5.41, 5.74) is 0.998. The first-order valence-electron chi connectivity index (χ1n) is 8.90. The number of carbonyl (C=O) groups is 1. The molecule has 0 bridgehead atoms. The summed E-state index contributed by atoms with van der Waals surface area (Å²) in [6, 6.07) is 10.1. The van der Waals surface area contributed by atoms with Gasteiger partial charge in [-0.15, -0.1) is 10.2 Å². The van der Waals surface area contributed by atoms with E-state index >= 15 is 0 Å². The molecule has 2 unspecified atom stereocenters. The van der Waals surface area contributed by atoms with Crippen LogP contribution in [0.1, 0.15) is 50.5 Å². The number of aromatic nitrogens is 2. The zero-order chi connectivity index (χ0) is 18.2. The second kappa shape index (κ2) is 9.32. The van der Waals surface area contributed by atoms with Crippen molar-refractivity contribution >= 4 is 5.91 Å². The molecule has 6 heteroatoms. The zero-order valence-corrected chi connectivity index (χ0v) is 15.5. The number of nitrogens with one attached hydrogen (secondary N) is 1.